The molecule has 0 bridgehead atoms. The second-order valence-electron chi connectivity index (χ2n) is 5.25. The van der Waals surface area contributed by atoms with E-state index in [1.165, 1.54) is 32.2 Å². The van der Waals surface area contributed by atoms with Crippen LogP contribution in [0.2, 0.25) is 5.02 Å². The van der Waals surface area contributed by atoms with Crippen LogP contribution in [0, 0.1) is 0 Å². The van der Waals surface area contributed by atoms with E-state index in [2.05, 4.69) is 15.4 Å². The molecule has 0 saturated carbocycles. The quantitative estimate of drug-likeness (QED) is 0.803. The van der Waals surface area contributed by atoms with Crippen molar-refractivity contribution in [3.63, 3.8) is 0 Å². The summed E-state index contributed by atoms with van der Waals surface area (Å²) in [5.41, 5.74) is 1.90. The van der Waals surface area contributed by atoms with Gasteiger partial charge in [0, 0.05) is 19.0 Å². The lowest BCUT2D eigenvalue weighted by molar-refractivity contribution is -0.119. The van der Waals surface area contributed by atoms with Gasteiger partial charge < -0.3 is 15.4 Å². The van der Waals surface area contributed by atoms with Crippen LogP contribution >= 0.6 is 11.6 Å². The first kappa shape index (κ1) is 18.5. The first-order chi connectivity index (χ1) is 11.9. The standard InChI is InChI=1S/C18H17ClN2O4/c1-11(22)20-10-12-3-5-13(6-4-12)17(23)21-16-9-14(18(24)25-2)7-8-15(16)19/h3-9H,10H2,1-2H3,(H,20,22)(H,21,23). The maximum atomic E-state index is 12.3. The molecule has 25 heavy (non-hydrogen) atoms. The van der Waals surface area contributed by atoms with Crippen molar-refractivity contribution in [2.45, 2.75) is 13.5 Å². The predicted octanol–water partition coefficient (Wildman–Crippen LogP) is 3.02. The molecule has 0 aliphatic rings. The van der Waals surface area contributed by atoms with Gasteiger partial charge in [0.25, 0.3) is 5.91 Å². The van der Waals surface area contributed by atoms with Gasteiger partial charge in [0.1, 0.15) is 0 Å². The molecule has 0 heterocycles. The van der Waals surface area contributed by atoms with Crippen LogP contribution in [0.1, 0.15) is 33.2 Å². The molecule has 2 N–H and O–H groups in total. The summed E-state index contributed by atoms with van der Waals surface area (Å²) in [6.45, 7) is 1.83. The lowest BCUT2D eigenvalue weighted by Crippen LogP contribution is -2.19. The van der Waals surface area contributed by atoms with Gasteiger partial charge in [0.05, 0.1) is 23.4 Å². The van der Waals surface area contributed by atoms with Gasteiger partial charge in [0.15, 0.2) is 0 Å². The van der Waals surface area contributed by atoms with Gasteiger partial charge in [0.2, 0.25) is 5.91 Å². The first-order valence-electron chi connectivity index (χ1n) is 7.43. The number of nitrogens with one attached hydrogen (secondary N) is 2. The predicted molar refractivity (Wildman–Crippen MR) is 94.7 cm³/mol. The molecular formula is C18H17ClN2O4. The highest BCUT2D eigenvalue weighted by Crippen LogP contribution is 2.24. The summed E-state index contributed by atoms with van der Waals surface area (Å²) in [5, 5.41) is 5.66. The van der Waals surface area contributed by atoms with E-state index in [0.29, 0.717) is 22.8 Å². The van der Waals surface area contributed by atoms with E-state index < -0.39 is 5.97 Å². The molecule has 0 aromatic heterocycles. The second kappa shape index (κ2) is 8.30. The number of rotatable bonds is 5. The number of amides is 2. The third kappa shape index (κ3) is 5.06. The molecule has 0 saturated heterocycles. The number of carbonyl (C=O) groups is 3. The minimum absolute atomic E-state index is 0.123. The highest BCUT2D eigenvalue weighted by Gasteiger charge is 2.12. The van der Waals surface area contributed by atoms with Gasteiger partial charge in [-0.3, -0.25) is 9.59 Å². The summed E-state index contributed by atoms with van der Waals surface area (Å²) in [6.07, 6.45) is 0. The Balaban J connectivity index is 2.11. The lowest BCUT2D eigenvalue weighted by Gasteiger charge is -2.09. The molecule has 0 atom stereocenters. The van der Waals surface area contributed by atoms with Crippen LogP contribution < -0.4 is 10.6 Å². The summed E-state index contributed by atoms with van der Waals surface area (Å²) in [4.78, 5) is 34.8. The van der Waals surface area contributed by atoms with Crippen LogP contribution in [-0.2, 0) is 16.1 Å². The Labute approximate surface area is 150 Å². The molecule has 0 fully saturated rings. The Bertz CT molecular complexity index is 803. The van der Waals surface area contributed by atoms with Gasteiger partial charge in [-0.25, -0.2) is 4.79 Å². The fourth-order valence-electron chi connectivity index (χ4n) is 2.06. The maximum absolute atomic E-state index is 12.3. The number of ether oxygens (including phenoxy) is 1. The van der Waals surface area contributed by atoms with Gasteiger partial charge in [-0.05, 0) is 35.9 Å². The molecule has 0 aliphatic carbocycles. The van der Waals surface area contributed by atoms with Crippen LogP contribution in [0.15, 0.2) is 42.5 Å². The van der Waals surface area contributed by atoms with Crippen molar-refractivity contribution in [1.82, 2.24) is 5.32 Å². The number of esters is 1. The van der Waals surface area contributed by atoms with Gasteiger partial charge in [-0.2, -0.15) is 0 Å². The zero-order valence-electron chi connectivity index (χ0n) is 13.8. The van der Waals surface area contributed by atoms with Gasteiger partial charge >= 0.3 is 5.97 Å². The molecule has 0 radical (unpaired) electrons. The molecule has 0 aliphatic heterocycles. The molecular weight excluding hydrogens is 344 g/mol. The van der Waals surface area contributed by atoms with E-state index in [0.717, 1.165) is 5.56 Å². The van der Waals surface area contributed by atoms with Crippen molar-refractivity contribution in [2.75, 3.05) is 12.4 Å². The summed E-state index contributed by atoms with van der Waals surface area (Å²) >= 11 is 6.06. The third-order valence-corrected chi connectivity index (χ3v) is 3.72. The highest BCUT2D eigenvalue weighted by molar-refractivity contribution is 6.34. The van der Waals surface area contributed by atoms with Crippen molar-refractivity contribution in [2.24, 2.45) is 0 Å². The van der Waals surface area contributed by atoms with Gasteiger partial charge in [-0.15, -0.1) is 0 Å². The zero-order chi connectivity index (χ0) is 18.4. The summed E-state index contributed by atoms with van der Waals surface area (Å²) in [6, 6.07) is 11.3. The van der Waals surface area contributed by atoms with Crippen molar-refractivity contribution < 1.29 is 19.1 Å². The molecule has 0 spiro atoms. The topological polar surface area (TPSA) is 84.5 Å². The van der Waals surface area contributed by atoms with E-state index in [-0.39, 0.29) is 17.4 Å². The number of hydrogen-bond acceptors (Lipinski definition) is 4. The second-order valence-corrected chi connectivity index (χ2v) is 5.65. The zero-order valence-corrected chi connectivity index (χ0v) is 14.5. The van der Waals surface area contributed by atoms with Crippen molar-refractivity contribution in [3.8, 4) is 0 Å². The smallest absolute Gasteiger partial charge is 0.337 e. The summed E-state index contributed by atoms with van der Waals surface area (Å²) in [7, 11) is 1.28. The minimum atomic E-state index is -0.519. The average molecular weight is 361 g/mol. The van der Waals surface area contributed by atoms with Crippen LogP contribution in [0.3, 0.4) is 0 Å². The monoisotopic (exact) mass is 360 g/mol. The normalized spacial score (nSPS) is 10.0. The Morgan fingerprint density at radius 3 is 2.28 bits per heavy atom. The number of methoxy groups -OCH3 is 1. The third-order valence-electron chi connectivity index (χ3n) is 3.39. The first-order valence-corrected chi connectivity index (χ1v) is 7.81. The number of halogens is 1. The Morgan fingerprint density at radius 2 is 1.68 bits per heavy atom. The molecule has 2 amide bonds. The molecule has 2 aromatic carbocycles. The Hall–Kier alpha value is -2.86. The summed E-state index contributed by atoms with van der Waals surface area (Å²) < 4.78 is 4.65. The van der Waals surface area contributed by atoms with Crippen LogP contribution in [0.4, 0.5) is 5.69 Å². The minimum Gasteiger partial charge on any atom is -0.465 e. The number of hydrogen-bond donors (Lipinski definition) is 2. The SMILES string of the molecule is COC(=O)c1ccc(Cl)c(NC(=O)c2ccc(CNC(C)=O)cc2)c1. The highest BCUT2D eigenvalue weighted by atomic mass is 35.5. The van der Waals surface area contributed by atoms with E-state index >= 15 is 0 Å². The van der Waals surface area contributed by atoms with E-state index in [9.17, 15) is 14.4 Å². The molecule has 7 heteroatoms. The largest absolute Gasteiger partial charge is 0.465 e. The number of anilines is 1. The van der Waals surface area contributed by atoms with Crippen LogP contribution in [-0.4, -0.2) is 24.9 Å². The lowest BCUT2D eigenvalue weighted by atomic mass is 10.1. The molecule has 130 valence electrons. The molecule has 2 rings (SSSR count). The number of benzene rings is 2. The fourth-order valence-corrected chi connectivity index (χ4v) is 2.23. The fraction of sp³-hybridized carbons (Fsp3) is 0.167. The number of carbonyl (C=O) groups excluding carboxylic acids is 3. The van der Waals surface area contributed by atoms with Crippen LogP contribution in [0.5, 0.6) is 0 Å². The van der Waals surface area contributed by atoms with Crippen molar-refractivity contribution in [3.05, 3.63) is 64.2 Å². The average Bonchev–Trinajstić information content (AvgIpc) is 2.61. The van der Waals surface area contributed by atoms with Crippen molar-refractivity contribution >= 4 is 35.1 Å². The molecule has 0 unspecified atom stereocenters. The molecule has 2 aromatic rings. The van der Waals surface area contributed by atoms with Crippen LogP contribution in [0.25, 0.3) is 0 Å². The van der Waals surface area contributed by atoms with E-state index in [1.54, 1.807) is 24.3 Å². The van der Waals surface area contributed by atoms with Gasteiger partial charge in [-0.1, -0.05) is 23.7 Å². The maximum Gasteiger partial charge on any atom is 0.337 e. The molecule has 6 nitrogen and oxygen atoms in total. The summed E-state index contributed by atoms with van der Waals surface area (Å²) in [5.74, 6) is -1.01. The van der Waals surface area contributed by atoms with Crippen molar-refractivity contribution in [1.29, 1.82) is 0 Å². The van der Waals surface area contributed by atoms with E-state index in [4.69, 9.17) is 11.6 Å². The Morgan fingerprint density at radius 1 is 1.04 bits per heavy atom. The van der Waals surface area contributed by atoms with E-state index in [1.807, 2.05) is 0 Å². The Kier molecular flexibility index (Phi) is 6.14.